The zero-order valence-corrected chi connectivity index (χ0v) is 14.2. The van der Waals surface area contributed by atoms with E-state index in [-0.39, 0.29) is 6.04 Å². The predicted molar refractivity (Wildman–Crippen MR) is 88.0 cm³/mol. The largest absolute Gasteiger partial charge is 0.497 e. The van der Waals surface area contributed by atoms with Crippen molar-refractivity contribution in [2.24, 2.45) is 0 Å². The third-order valence-corrected chi connectivity index (χ3v) is 3.85. The summed E-state index contributed by atoms with van der Waals surface area (Å²) in [6.45, 7) is 2.86. The van der Waals surface area contributed by atoms with Crippen molar-refractivity contribution in [2.75, 3.05) is 28.4 Å². The molecule has 0 N–H and O–H groups in total. The third-order valence-electron chi connectivity index (χ3n) is 3.85. The Morgan fingerprint density at radius 3 is 2.30 bits per heavy atom. The summed E-state index contributed by atoms with van der Waals surface area (Å²) < 4.78 is 15.7. The highest BCUT2D eigenvalue weighted by Crippen LogP contribution is 2.32. The summed E-state index contributed by atoms with van der Waals surface area (Å²) >= 11 is 0. The minimum Gasteiger partial charge on any atom is -0.497 e. The Balaban J connectivity index is 2.13. The molecule has 6 heteroatoms. The lowest BCUT2D eigenvalue weighted by atomic mass is 10.1. The van der Waals surface area contributed by atoms with Gasteiger partial charge in [0.2, 0.25) is 0 Å². The highest BCUT2D eigenvalue weighted by molar-refractivity contribution is 5.42. The van der Waals surface area contributed by atoms with Gasteiger partial charge >= 0.3 is 6.01 Å². The van der Waals surface area contributed by atoms with E-state index in [2.05, 4.69) is 28.8 Å². The Morgan fingerprint density at radius 1 is 1.04 bits per heavy atom. The molecule has 2 rings (SSSR count). The number of hydrogen-bond donors (Lipinski definition) is 0. The van der Waals surface area contributed by atoms with Gasteiger partial charge in [0, 0.05) is 42.2 Å². The zero-order valence-electron chi connectivity index (χ0n) is 14.2. The van der Waals surface area contributed by atoms with Crippen LogP contribution in [0.15, 0.2) is 30.6 Å². The van der Waals surface area contributed by atoms with Crippen LogP contribution in [0.25, 0.3) is 0 Å². The number of methoxy groups -OCH3 is 3. The maximum Gasteiger partial charge on any atom is 0.316 e. The first-order valence-corrected chi connectivity index (χ1v) is 7.36. The maximum atomic E-state index is 5.49. The lowest BCUT2D eigenvalue weighted by Crippen LogP contribution is -2.22. The van der Waals surface area contributed by atoms with Gasteiger partial charge in [-0.05, 0) is 20.0 Å². The summed E-state index contributed by atoms with van der Waals surface area (Å²) in [5.74, 6) is 1.60. The quantitative estimate of drug-likeness (QED) is 0.782. The van der Waals surface area contributed by atoms with E-state index in [1.807, 2.05) is 18.2 Å². The van der Waals surface area contributed by atoms with E-state index in [9.17, 15) is 0 Å². The predicted octanol–water partition coefficient (Wildman–Crippen LogP) is 2.70. The van der Waals surface area contributed by atoms with Crippen molar-refractivity contribution >= 4 is 0 Å². The summed E-state index contributed by atoms with van der Waals surface area (Å²) in [7, 11) is 6.92. The normalized spacial score (nSPS) is 12.1. The van der Waals surface area contributed by atoms with E-state index in [4.69, 9.17) is 14.2 Å². The number of aromatic nitrogens is 2. The van der Waals surface area contributed by atoms with Gasteiger partial charge in [0.15, 0.2) is 0 Å². The Morgan fingerprint density at radius 2 is 1.74 bits per heavy atom. The van der Waals surface area contributed by atoms with Crippen LogP contribution >= 0.6 is 0 Å². The summed E-state index contributed by atoms with van der Waals surface area (Å²) in [5, 5.41) is 0. The molecule has 0 amide bonds. The minimum atomic E-state index is 0.165. The zero-order chi connectivity index (χ0) is 16.8. The van der Waals surface area contributed by atoms with Gasteiger partial charge < -0.3 is 14.2 Å². The SMILES string of the molecule is COc1ccc(C(C)N(C)Cc2cnc(OC)nc2)c(OC)c1. The second-order valence-electron chi connectivity index (χ2n) is 5.28. The van der Waals surface area contributed by atoms with Crippen molar-refractivity contribution in [1.29, 1.82) is 0 Å². The molecule has 0 saturated heterocycles. The van der Waals surface area contributed by atoms with Crippen LogP contribution in [0.1, 0.15) is 24.1 Å². The molecular weight excluding hydrogens is 294 g/mol. The van der Waals surface area contributed by atoms with Crippen molar-refractivity contribution < 1.29 is 14.2 Å². The van der Waals surface area contributed by atoms with Gasteiger partial charge in [-0.3, -0.25) is 4.90 Å². The summed E-state index contributed by atoms with van der Waals surface area (Å²) in [6.07, 6.45) is 3.56. The first-order valence-electron chi connectivity index (χ1n) is 7.36. The van der Waals surface area contributed by atoms with Gasteiger partial charge in [0.1, 0.15) is 11.5 Å². The van der Waals surface area contributed by atoms with Crippen LogP contribution in [0.3, 0.4) is 0 Å². The van der Waals surface area contributed by atoms with Gasteiger partial charge in [-0.15, -0.1) is 0 Å². The highest BCUT2D eigenvalue weighted by atomic mass is 16.5. The molecule has 1 unspecified atom stereocenters. The molecule has 0 fully saturated rings. The lowest BCUT2D eigenvalue weighted by Gasteiger charge is -2.26. The molecule has 1 atom stereocenters. The Labute approximate surface area is 137 Å². The second kappa shape index (κ2) is 7.78. The van der Waals surface area contributed by atoms with Gasteiger partial charge in [-0.1, -0.05) is 6.07 Å². The fourth-order valence-electron chi connectivity index (χ4n) is 2.36. The first kappa shape index (κ1) is 17.0. The van der Waals surface area contributed by atoms with E-state index in [1.54, 1.807) is 33.7 Å². The number of rotatable bonds is 7. The maximum absolute atomic E-state index is 5.49. The second-order valence-corrected chi connectivity index (χ2v) is 5.28. The average Bonchev–Trinajstić information content (AvgIpc) is 2.61. The van der Waals surface area contributed by atoms with E-state index in [0.717, 1.165) is 29.2 Å². The molecule has 1 aromatic heterocycles. The average molecular weight is 317 g/mol. The fourth-order valence-corrected chi connectivity index (χ4v) is 2.36. The number of hydrogen-bond acceptors (Lipinski definition) is 6. The highest BCUT2D eigenvalue weighted by Gasteiger charge is 2.17. The number of nitrogens with zero attached hydrogens (tertiary/aromatic N) is 3. The van der Waals surface area contributed by atoms with Gasteiger partial charge in [-0.2, -0.15) is 0 Å². The van der Waals surface area contributed by atoms with Gasteiger partial charge in [-0.25, -0.2) is 9.97 Å². The van der Waals surface area contributed by atoms with Crippen molar-refractivity contribution in [1.82, 2.24) is 14.9 Å². The number of benzene rings is 1. The Bertz CT molecular complexity index is 631. The topological polar surface area (TPSA) is 56.7 Å². The standard InChI is InChI=1S/C17H23N3O3/c1-12(15-7-6-14(21-3)8-16(15)22-4)20(2)11-13-9-18-17(23-5)19-10-13/h6-10,12H,11H2,1-5H3. The van der Waals surface area contributed by atoms with Crippen LogP contribution in [0, 0.1) is 0 Å². The molecule has 124 valence electrons. The van der Waals surface area contributed by atoms with Crippen LogP contribution in [0.2, 0.25) is 0 Å². The fraction of sp³-hybridized carbons (Fsp3) is 0.412. The Kier molecular flexibility index (Phi) is 5.76. The van der Waals surface area contributed by atoms with Crippen molar-refractivity contribution in [3.63, 3.8) is 0 Å². The molecule has 1 heterocycles. The van der Waals surface area contributed by atoms with Gasteiger partial charge in [0.25, 0.3) is 0 Å². The summed E-state index contributed by atoms with van der Waals surface area (Å²) in [5.41, 5.74) is 2.12. The van der Waals surface area contributed by atoms with Crippen LogP contribution in [0.4, 0.5) is 0 Å². The molecule has 0 aliphatic heterocycles. The summed E-state index contributed by atoms with van der Waals surface area (Å²) in [6, 6.07) is 6.41. The van der Waals surface area contributed by atoms with E-state index in [1.165, 1.54) is 0 Å². The molecule has 0 aliphatic carbocycles. The van der Waals surface area contributed by atoms with Crippen LogP contribution in [-0.2, 0) is 6.54 Å². The molecule has 6 nitrogen and oxygen atoms in total. The van der Waals surface area contributed by atoms with Crippen LogP contribution in [-0.4, -0.2) is 43.2 Å². The monoisotopic (exact) mass is 317 g/mol. The first-order chi connectivity index (χ1) is 11.1. The van der Waals surface area contributed by atoms with E-state index in [0.29, 0.717) is 6.01 Å². The van der Waals surface area contributed by atoms with Crippen LogP contribution in [0.5, 0.6) is 17.5 Å². The van der Waals surface area contributed by atoms with Crippen molar-refractivity contribution in [3.05, 3.63) is 41.7 Å². The molecule has 0 bridgehead atoms. The van der Waals surface area contributed by atoms with E-state index < -0.39 is 0 Å². The molecule has 0 spiro atoms. The van der Waals surface area contributed by atoms with Crippen molar-refractivity contribution in [3.8, 4) is 17.5 Å². The third kappa shape index (κ3) is 4.10. The summed E-state index contributed by atoms with van der Waals surface area (Å²) in [4.78, 5) is 10.5. The van der Waals surface area contributed by atoms with Crippen molar-refractivity contribution in [2.45, 2.75) is 19.5 Å². The minimum absolute atomic E-state index is 0.165. The number of ether oxygens (including phenoxy) is 3. The molecule has 0 radical (unpaired) electrons. The molecule has 23 heavy (non-hydrogen) atoms. The van der Waals surface area contributed by atoms with Gasteiger partial charge in [0.05, 0.1) is 21.3 Å². The molecule has 2 aromatic rings. The van der Waals surface area contributed by atoms with E-state index >= 15 is 0 Å². The molecule has 0 saturated carbocycles. The Hall–Kier alpha value is -2.34. The molecule has 0 aliphatic rings. The lowest BCUT2D eigenvalue weighted by molar-refractivity contribution is 0.245. The smallest absolute Gasteiger partial charge is 0.316 e. The molecule has 1 aromatic carbocycles. The molecular formula is C17H23N3O3. The van der Waals surface area contributed by atoms with Crippen LogP contribution < -0.4 is 14.2 Å².